The Bertz CT molecular complexity index is 553. The number of thiazole rings is 1. The molecule has 0 spiro atoms. The van der Waals surface area contributed by atoms with E-state index in [4.69, 9.17) is 4.74 Å². The first-order chi connectivity index (χ1) is 8.74. The quantitative estimate of drug-likeness (QED) is 0.632. The maximum absolute atomic E-state index is 11.5. The molecule has 0 atom stereocenters. The number of benzene rings is 1. The molecule has 0 bridgehead atoms. The Kier molecular flexibility index (Phi) is 4.49. The molecule has 0 radical (unpaired) electrons. The number of ether oxygens (including phenoxy) is 1. The van der Waals surface area contributed by atoms with Gasteiger partial charge in [-0.25, -0.2) is 9.78 Å². The zero-order valence-electron chi connectivity index (χ0n) is 9.85. The average molecular weight is 326 g/mol. The number of aromatic nitrogens is 1. The van der Waals surface area contributed by atoms with Crippen molar-refractivity contribution in [1.82, 2.24) is 4.98 Å². The van der Waals surface area contributed by atoms with Crippen molar-refractivity contribution in [2.24, 2.45) is 0 Å². The summed E-state index contributed by atoms with van der Waals surface area (Å²) >= 11 is 4.87. The third-order valence-electron chi connectivity index (χ3n) is 2.32. The van der Waals surface area contributed by atoms with Crippen LogP contribution >= 0.6 is 27.3 Å². The van der Waals surface area contributed by atoms with Gasteiger partial charge >= 0.3 is 5.97 Å². The van der Waals surface area contributed by atoms with Gasteiger partial charge in [-0.1, -0.05) is 34.1 Å². The molecule has 1 aromatic carbocycles. The van der Waals surface area contributed by atoms with Gasteiger partial charge in [0.05, 0.1) is 6.61 Å². The van der Waals surface area contributed by atoms with Gasteiger partial charge in [-0.2, -0.15) is 0 Å². The number of halogens is 1. The zero-order valence-corrected chi connectivity index (χ0v) is 12.3. The van der Waals surface area contributed by atoms with Crippen LogP contribution in [0.3, 0.4) is 0 Å². The largest absolute Gasteiger partial charge is 0.461 e. The highest BCUT2D eigenvalue weighted by Crippen LogP contribution is 2.25. The van der Waals surface area contributed by atoms with Gasteiger partial charge in [0.1, 0.15) is 5.01 Å². The summed E-state index contributed by atoms with van der Waals surface area (Å²) in [5.41, 5.74) is 2.58. The molecule has 94 valence electrons. The third-order valence-corrected chi connectivity index (χ3v) is 3.86. The zero-order chi connectivity index (χ0) is 13.0. The topological polar surface area (TPSA) is 39.2 Å². The molecule has 0 fully saturated rings. The number of alkyl halides is 1. The lowest BCUT2D eigenvalue weighted by Gasteiger charge is -1.99. The Morgan fingerprint density at radius 1 is 1.50 bits per heavy atom. The second-order valence-corrected chi connectivity index (χ2v) is 5.01. The van der Waals surface area contributed by atoms with Crippen molar-refractivity contribution >= 4 is 33.2 Å². The standard InChI is InChI=1S/C13H12BrNO2S/c1-2-17-13(16)11-8-18-12(15-11)10-5-3-4-9(6-10)7-14/h3-6,8H,2,7H2,1H3. The molecule has 3 nitrogen and oxygen atoms in total. The predicted octanol–water partition coefficient (Wildman–Crippen LogP) is 3.88. The summed E-state index contributed by atoms with van der Waals surface area (Å²) in [6.45, 7) is 2.15. The van der Waals surface area contributed by atoms with Crippen LogP contribution in [0, 0.1) is 0 Å². The molecule has 0 aliphatic rings. The Morgan fingerprint density at radius 3 is 3.06 bits per heavy atom. The van der Waals surface area contributed by atoms with Gasteiger partial charge < -0.3 is 4.74 Å². The molecule has 0 aliphatic heterocycles. The summed E-state index contributed by atoms with van der Waals surface area (Å²) in [4.78, 5) is 15.8. The van der Waals surface area contributed by atoms with Gasteiger partial charge in [0, 0.05) is 16.3 Å². The van der Waals surface area contributed by atoms with E-state index in [-0.39, 0.29) is 5.97 Å². The summed E-state index contributed by atoms with van der Waals surface area (Å²) < 4.78 is 4.92. The lowest BCUT2D eigenvalue weighted by atomic mass is 10.1. The fourth-order valence-corrected chi connectivity index (χ4v) is 2.63. The van der Waals surface area contributed by atoms with E-state index in [0.29, 0.717) is 12.3 Å². The molecular formula is C13H12BrNO2S. The lowest BCUT2D eigenvalue weighted by Crippen LogP contribution is -2.04. The Hall–Kier alpha value is -1.20. The van der Waals surface area contributed by atoms with E-state index in [1.807, 2.05) is 18.2 Å². The second-order valence-electron chi connectivity index (χ2n) is 3.59. The fraction of sp³-hybridized carbons (Fsp3) is 0.231. The molecule has 2 rings (SSSR count). The monoisotopic (exact) mass is 325 g/mol. The van der Waals surface area contributed by atoms with Gasteiger partial charge in [0.15, 0.2) is 5.69 Å². The van der Waals surface area contributed by atoms with E-state index in [9.17, 15) is 4.79 Å². The van der Waals surface area contributed by atoms with Crippen LogP contribution in [-0.2, 0) is 10.1 Å². The highest BCUT2D eigenvalue weighted by Gasteiger charge is 2.12. The Balaban J connectivity index is 2.26. The van der Waals surface area contributed by atoms with E-state index < -0.39 is 0 Å². The Labute approximate surface area is 118 Å². The molecule has 1 heterocycles. The molecular weight excluding hydrogens is 314 g/mol. The fourth-order valence-electron chi connectivity index (χ4n) is 1.49. The minimum absolute atomic E-state index is 0.364. The highest BCUT2D eigenvalue weighted by atomic mass is 79.9. The normalized spacial score (nSPS) is 10.3. The van der Waals surface area contributed by atoms with Crippen LogP contribution < -0.4 is 0 Å². The van der Waals surface area contributed by atoms with Gasteiger partial charge in [-0.15, -0.1) is 11.3 Å². The van der Waals surface area contributed by atoms with Crippen molar-refractivity contribution < 1.29 is 9.53 Å². The van der Waals surface area contributed by atoms with Crippen molar-refractivity contribution in [1.29, 1.82) is 0 Å². The van der Waals surface area contributed by atoms with Crippen LogP contribution in [-0.4, -0.2) is 17.6 Å². The predicted molar refractivity (Wildman–Crippen MR) is 76.1 cm³/mol. The summed E-state index contributed by atoms with van der Waals surface area (Å²) in [5, 5.41) is 3.37. The minimum atomic E-state index is -0.364. The molecule has 0 unspecified atom stereocenters. The van der Waals surface area contributed by atoms with Crippen molar-refractivity contribution in [3.05, 3.63) is 40.9 Å². The van der Waals surface area contributed by atoms with Crippen LogP contribution in [0.15, 0.2) is 29.6 Å². The van der Waals surface area contributed by atoms with Crippen molar-refractivity contribution in [2.45, 2.75) is 12.3 Å². The molecule has 0 N–H and O–H groups in total. The molecule has 1 aromatic heterocycles. The molecule has 0 amide bonds. The van der Waals surface area contributed by atoms with Crippen molar-refractivity contribution in [2.75, 3.05) is 6.61 Å². The van der Waals surface area contributed by atoms with Crippen molar-refractivity contribution in [3.63, 3.8) is 0 Å². The number of carbonyl (C=O) groups is 1. The first-order valence-corrected chi connectivity index (χ1v) is 7.52. The maximum Gasteiger partial charge on any atom is 0.357 e. The van der Waals surface area contributed by atoms with E-state index in [0.717, 1.165) is 15.9 Å². The van der Waals surface area contributed by atoms with Gasteiger partial charge in [-0.05, 0) is 18.6 Å². The molecule has 2 aromatic rings. The van der Waals surface area contributed by atoms with Crippen LogP contribution in [0.4, 0.5) is 0 Å². The molecule has 0 saturated heterocycles. The molecule has 5 heteroatoms. The number of nitrogens with zero attached hydrogens (tertiary/aromatic N) is 1. The smallest absolute Gasteiger partial charge is 0.357 e. The van der Waals surface area contributed by atoms with E-state index in [1.165, 1.54) is 16.9 Å². The third kappa shape index (κ3) is 2.97. The highest BCUT2D eigenvalue weighted by molar-refractivity contribution is 9.08. The number of hydrogen-bond donors (Lipinski definition) is 0. The van der Waals surface area contributed by atoms with E-state index in [2.05, 4.69) is 27.0 Å². The first kappa shape index (κ1) is 13.2. The Morgan fingerprint density at radius 2 is 2.33 bits per heavy atom. The summed E-state index contributed by atoms with van der Waals surface area (Å²) in [6, 6.07) is 8.07. The van der Waals surface area contributed by atoms with Crippen LogP contribution in [0.1, 0.15) is 23.0 Å². The van der Waals surface area contributed by atoms with Gasteiger partial charge in [0.2, 0.25) is 0 Å². The summed E-state index contributed by atoms with van der Waals surface area (Å²) in [5.74, 6) is -0.364. The number of esters is 1. The molecule has 0 aliphatic carbocycles. The molecule has 18 heavy (non-hydrogen) atoms. The van der Waals surface area contributed by atoms with Crippen LogP contribution in [0.2, 0.25) is 0 Å². The summed E-state index contributed by atoms with van der Waals surface area (Å²) in [7, 11) is 0. The maximum atomic E-state index is 11.5. The van der Waals surface area contributed by atoms with Gasteiger partial charge in [-0.3, -0.25) is 0 Å². The summed E-state index contributed by atoms with van der Waals surface area (Å²) in [6.07, 6.45) is 0. The molecule has 0 saturated carbocycles. The second kappa shape index (κ2) is 6.11. The number of rotatable bonds is 4. The van der Waals surface area contributed by atoms with Crippen molar-refractivity contribution in [3.8, 4) is 10.6 Å². The minimum Gasteiger partial charge on any atom is -0.461 e. The van der Waals surface area contributed by atoms with Crippen LogP contribution in [0.5, 0.6) is 0 Å². The van der Waals surface area contributed by atoms with Crippen LogP contribution in [0.25, 0.3) is 10.6 Å². The lowest BCUT2D eigenvalue weighted by molar-refractivity contribution is 0.0520. The number of carbonyl (C=O) groups excluding carboxylic acids is 1. The average Bonchev–Trinajstić information content (AvgIpc) is 2.89. The SMILES string of the molecule is CCOC(=O)c1csc(-c2cccc(CBr)c2)n1. The van der Waals surface area contributed by atoms with E-state index in [1.54, 1.807) is 12.3 Å². The number of hydrogen-bond acceptors (Lipinski definition) is 4. The first-order valence-electron chi connectivity index (χ1n) is 5.52. The van der Waals surface area contributed by atoms with Gasteiger partial charge in [0.25, 0.3) is 0 Å². The van der Waals surface area contributed by atoms with E-state index >= 15 is 0 Å².